The van der Waals surface area contributed by atoms with Gasteiger partial charge >= 0.3 is 11.9 Å². The molecule has 2 N–H and O–H groups in total. The van der Waals surface area contributed by atoms with E-state index in [9.17, 15) is 28.1 Å². The molecule has 0 unspecified atom stereocenters. The lowest BCUT2D eigenvalue weighted by atomic mass is 10.1. The minimum absolute atomic E-state index is 0.0983. The Labute approximate surface area is 187 Å². The minimum Gasteiger partial charge on any atom is -0.448 e. The fourth-order valence-electron chi connectivity index (χ4n) is 2.37. The average Bonchev–Trinajstić information content (AvgIpc) is 2.94. The summed E-state index contributed by atoms with van der Waals surface area (Å²) in [4.78, 5) is 25.9. The van der Waals surface area contributed by atoms with Crippen molar-refractivity contribution in [2.75, 3.05) is 0 Å². The molecular weight excluding hydrogens is 559 g/mol. The number of ether oxygens (including phenoxy) is 1. The third kappa shape index (κ3) is 4.84. The van der Waals surface area contributed by atoms with Crippen LogP contribution in [0.5, 0.6) is 11.5 Å². The third-order valence-corrected chi connectivity index (χ3v) is 5.64. The number of thioether (sulfide) groups is 1. The molecular formula is C17H8Br2F3N3O4S. The Kier molecular flexibility index (Phi) is 6.24. The van der Waals surface area contributed by atoms with E-state index in [4.69, 9.17) is 10.5 Å². The molecule has 1 amide bonds. The van der Waals surface area contributed by atoms with Crippen LogP contribution in [-0.2, 0) is 11.0 Å². The van der Waals surface area contributed by atoms with Crippen molar-refractivity contribution in [1.82, 2.24) is 0 Å². The molecule has 0 fully saturated rings. The lowest BCUT2D eigenvalue weighted by Gasteiger charge is -2.13. The van der Waals surface area contributed by atoms with Gasteiger partial charge in [0.05, 0.1) is 24.3 Å². The molecule has 0 saturated carbocycles. The van der Waals surface area contributed by atoms with E-state index in [0.29, 0.717) is 31.5 Å². The van der Waals surface area contributed by atoms with E-state index in [-0.39, 0.29) is 16.7 Å². The monoisotopic (exact) mass is 565 g/mol. The van der Waals surface area contributed by atoms with Crippen molar-refractivity contribution in [2.24, 2.45) is 10.7 Å². The quantitative estimate of drug-likeness (QED) is 0.282. The van der Waals surface area contributed by atoms with Crippen molar-refractivity contribution >= 4 is 66.5 Å². The molecule has 30 heavy (non-hydrogen) atoms. The summed E-state index contributed by atoms with van der Waals surface area (Å²) in [6, 6.07) is 5.10. The van der Waals surface area contributed by atoms with Gasteiger partial charge in [0.2, 0.25) is 5.75 Å². The molecule has 0 saturated heterocycles. The number of carbonyl (C=O) groups excluding carboxylic acids is 1. The molecule has 0 bridgehead atoms. The number of hydrogen-bond acceptors (Lipinski definition) is 6. The van der Waals surface area contributed by atoms with Crippen LogP contribution in [0, 0.1) is 10.1 Å². The molecule has 156 valence electrons. The van der Waals surface area contributed by atoms with E-state index in [1.54, 1.807) is 12.1 Å². The average molecular weight is 567 g/mol. The Balaban J connectivity index is 1.96. The number of nitrogens with two attached hydrogens (primary N) is 1. The van der Waals surface area contributed by atoms with Gasteiger partial charge in [0.15, 0.2) is 10.9 Å². The van der Waals surface area contributed by atoms with Crippen molar-refractivity contribution in [3.63, 3.8) is 0 Å². The van der Waals surface area contributed by atoms with Crippen molar-refractivity contribution in [1.29, 1.82) is 0 Å². The molecule has 2 aromatic rings. The van der Waals surface area contributed by atoms with Crippen molar-refractivity contribution < 1.29 is 27.6 Å². The zero-order valence-corrected chi connectivity index (χ0v) is 18.4. The molecule has 1 heterocycles. The van der Waals surface area contributed by atoms with Crippen molar-refractivity contribution in [3.05, 3.63) is 65.4 Å². The Morgan fingerprint density at radius 1 is 1.20 bits per heavy atom. The number of rotatable bonds is 4. The zero-order chi connectivity index (χ0) is 22.2. The van der Waals surface area contributed by atoms with Crippen LogP contribution in [0.2, 0.25) is 0 Å². The normalized spacial score (nSPS) is 15.4. The number of amides is 1. The fraction of sp³-hybridized carbons (Fsp3) is 0.0588. The van der Waals surface area contributed by atoms with Gasteiger partial charge < -0.3 is 10.5 Å². The fourth-order valence-corrected chi connectivity index (χ4v) is 4.44. The predicted octanol–water partition coefficient (Wildman–Crippen LogP) is 5.86. The van der Waals surface area contributed by atoms with Gasteiger partial charge in [-0.15, -0.1) is 0 Å². The van der Waals surface area contributed by atoms with E-state index >= 15 is 0 Å². The maximum Gasteiger partial charge on any atom is 0.416 e. The van der Waals surface area contributed by atoms with Gasteiger partial charge in [-0.3, -0.25) is 14.9 Å². The number of nitro benzene ring substituents is 1. The lowest BCUT2D eigenvalue weighted by Crippen LogP contribution is -2.06. The largest absolute Gasteiger partial charge is 0.448 e. The Morgan fingerprint density at radius 3 is 2.33 bits per heavy atom. The topological polar surface area (TPSA) is 108 Å². The number of amidine groups is 1. The first-order valence-corrected chi connectivity index (χ1v) is 10.2. The molecule has 2 aromatic carbocycles. The first-order chi connectivity index (χ1) is 14.0. The summed E-state index contributed by atoms with van der Waals surface area (Å²) in [5, 5.41) is 11.4. The molecule has 13 heteroatoms. The smallest absolute Gasteiger partial charge is 0.416 e. The van der Waals surface area contributed by atoms with Gasteiger partial charge in [0, 0.05) is 6.07 Å². The van der Waals surface area contributed by atoms with E-state index in [2.05, 4.69) is 36.9 Å². The lowest BCUT2D eigenvalue weighted by molar-refractivity contribution is -0.385. The standard InChI is InChI=1S/C17H8Br2F3N3O4S/c18-9-3-7(5-13-15(26)24-16(23)30-13)4-10(19)14(9)29-12-2-1-8(17(20,21)22)6-11(12)25(27)28/h1-6H,(H2,23,24,26)/b13-5+. The highest BCUT2D eigenvalue weighted by Crippen LogP contribution is 2.43. The van der Waals surface area contributed by atoms with Crippen LogP contribution < -0.4 is 10.5 Å². The highest BCUT2D eigenvalue weighted by molar-refractivity contribution is 9.11. The molecule has 0 spiro atoms. The Bertz CT molecular complexity index is 1110. The number of nitrogens with zero attached hydrogens (tertiary/aromatic N) is 2. The number of nitro groups is 1. The minimum atomic E-state index is -4.73. The molecule has 0 aliphatic carbocycles. The van der Waals surface area contributed by atoms with E-state index in [0.717, 1.165) is 17.8 Å². The van der Waals surface area contributed by atoms with Gasteiger partial charge in [-0.05, 0) is 79.5 Å². The van der Waals surface area contributed by atoms with Crippen LogP contribution in [0.15, 0.2) is 49.2 Å². The number of benzene rings is 2. The van der Waals surface area contributed by atoms with Gasteiger partial charge in [-0.2, -0.15) is 18.2 Å². The van der Waals surface area contributed by atoms with E-state index < -0.39 is 28.3 Å². The van der Waals surface area contributed by atoms with Crippen LogP contribution in [0.25, 0.3) is 6.08 Å². The summed E-state index contributed by atoms with van der Waals surface area (Å²) in [6.07, 6.45) is -3.20. The second kappa shape index (κ2) is 8.40. The molecule has 1 aliphatic heterocycles. The highest BCUT2D eigenvalue weighted by Gasteiger charge is 2.33. The zero-order valence-electron chi connectivity index (χ0n) is 14.4. The summed E-state index contributed by atoms with van der Waals surface area (Å²) in [5.41, 5.74) is 4.06. The highest BCUT2D eigenvalue weighted by atomic mass is 79.9. The third-order valence-electron chi connectivity index (χ3n) is 3.65. The molecule has 7 nitrogen and oxygen atoms in total. The van der Waals surface area contributed by atoms with Crippen LogP contribution in [0.3, 0.4) is 0 Å². The molecule has 0 radical (unpaired) electrons. The molecule has 0 aromatic heterocycles. The second-order valence-electron chi connectivity index (χ2n) is 5.72. The predicted molar refractivity (Wildman–Crippen MR) is 112 cm³/mol. The number of halogens is 5. The summed E-state index contributed by atoms with van der Waals surface area (Å²) >= 11 is 7.53. The summed E-state index contributed by atoms with van der Waals surface area (Å²) in [6.45, 7) is 0. The van der Waals surface area contributed by atoms with Gasteiger partial charge in [0.25, 0.3) is 5.91 Å². The molecule has 1 aliphatic rings. The number of hydrogen-bond donors (Lipinski definition) is 1. The SMILES string of the molecule is NC1=NC(=O)/C(=C\c2cc(Br)c(Oc3ccc(C(F)(F)F)cc3[N+](=O)[O-])c(Br)c2)S1. The Morgan fingerprint density at radius 2 is 1.83 bits per heavy atom. The van der Waals surface area contributed by atoms with Gasteiger partial charge in [-0.25, -0.2) is 0 Å². The number of carbonyl (C=O) groups is 1. The second-order valence-corrected chi connectivity index (χ2v) is 8.49. The number of alkyl halides is 3. The van der Waals surface area contributed by atoms with Crippen molar-refractivity contribution in [3.8, 4) is 11.5 Å². The van der Waals surface area contributed by atoms with E-state index in [1.807, 2.05) is 0 Å². The summed E-state index contributed by atoms with van der Waals surface area (Å²) in [7, 11) is 0. The van der Waals surface area contributed by atoms with Gasteiger partial charge in [-0.1, -0.05) is 0 Å². The summed E-state index contributed by atoms with van der Waals surface area (Å²) < 4.78 is 44.8. The van der Waals surface area contributed by atoms with Crippen LogP contribution in [0.1, 0.15) is 11.1 Å². The maximum atomic E-state index is 12.9. The first kappa shape index (κ1) is 22.3. The van der Waals surface area contributed by atoms with E-state index in [1.165, 1.54) is 6.08 Å². The van der Waals surface area contributed by atoms with Gasteiger partial charge in [0.1, 0.15) is 0 Å². The Hall–Kier alpha value is -2.38. The number of aliphatic imine (C=N–C) groups is 1. The van der Waals surface area contributed by atoms with Crippen molar-refractivity contribution in [2.45, 2.75) is 6.18 Å². The molecule has 0 atom stereocenters. The van der Waals surface area contributed by atoms with Crippen LogP contribution in [0.4, 0.5) is 18.9 Å². The maximum absolute atomic E-state index is 12.9. The summed E-state index contributed by atoms with van der Waals surface area (Å²) in [5.74, 6) is -0.755. The first-order valence-electron chi connectivity index (χ1n) is 7.76. The van der Waals surface area contributed by atoms with Crippen LogP contribution >= 0.6 is 43.6 Å². The van der Waals surface area contributed by atoms with Crippen LogP contribution in [-0.4, -0.2) is 16.0 Å². The molecule has 3 rings (SSSR count).